The van der Waals surface area contributed by atoms with E-state index in [0.717, 1.165) is 12.8 Å². The first-order valence-electron chi connectivity index (χ1n) is 6.36. The molecule has 1 aromatic carbocycles. The van der Waals surface area contributed by atoms with E-state index in [4.69, 9.17) is 0 Å². The molecular weight excluding hydrogens is 249 g/mol. The number of carboxylic acid groups (broad SMARTS) is 1. The van der Waals surface area contributed by atoms with Crippen molar-refractivity contribution in [1.29, 1.82) is 0 Å². The summed E-state index contributed by atoms with van der Waals surface area (Å²) in [5, 5.41) is 13.5. The summed E-state index contributed by atoms with van der Waals surface area (Å²) in [5.74, 6) is -3.59. The van der Waals surface area contributed by atoms with E-state index in [0.29, 0.717) is 12.8 Å². The zero-order chi connectivity index (χ0) is 13.8. The summed E-state index contributed by atoms with van der Waals surface area (Å²) in [4.78, 5) is 23.1. The molecular formula is C14H15FNO3-. The lowest BCUT2D eigenvalue weighted by Gasteiger charge is -2.31. The molecule has 1 fully saturated rings. The van der Waals surface area contributed by atoms with E-state index in [1.165, 1.54) is 18.2 Å². The number of benzene rings is 1. The molecule has 0 unspecified atom stereocenters. The van der Waals surface area contributed by atoms with Crippen LogP contribution in [-0.4, -0.2) is 11.9 Å². The van der Waals surface area contributed by atoms with Crippen molar-refractivity contribution in [3.05, 3.63) is 30.1 Å². The first kappa shape index (κ1) is 13.5. The average molecular weight is 264 g/mol. The van der Waals surface area contributed by atoms with Gasteiger partial charge in [0.05, 0.1) is 5.69 Å². The van der Waals surface area contributed by atoms with Crippen molar-refractivity contribution >= 4 is 17.6 Å². The van der Waals surface area contributed by atoms with Crippen molar-refractivity contribution in [3.63, 3.8) is 0 Å². The Morgan fingerprint density at radius 3 is 2.42 bits per heavy atom. The van der Waals surface area contributed by atoms with Crippen LogP contribution < -0.4 is 10.4 Å². The average Bonchev–Trinajstić information content (AvgIpc) is 2.41. The van der Waals surface area contributed by atoms with Crippen LogP contribution in [0.2, 0.25) is 0 Å². The third kappa shape index (κ3) is 3.10. The van der Waals surface area contributed by atoms with Gasteiger partial charge in [-0.15, -0.1) is 0 Å². The second-order valence-electron chi connectivity index (χ2n) is 4.79. The van der Waals surface area contributed by atoms with Crippen molar-refractivity contribution in [2.75, 3.05) is 5.32 Å². The van der Waals surface area contributed by atoms with Crippen molar-refractivity contribution < 1.29 is 19.1 Å². The molecule has 1 aliphatic carbocycles. The van der Waals surface area contributed by atoms with Crippen LogP contribution in [0.4, 0.5) is 10.1 Å². The van der Waals surface area contributed by atoms with Gasteiger partial charge in [-0.25, -0.2) is 4.39 Å². The van der Waals surface area contributed by atoms with Crippen LogP contribution in [0.5, 0.6) is 0 Å². The Kier molecular flexibility index (Phi) is 4.14. The third-order valence-corrected chi connectivity index (χ3v) is 3.54. The van der Waals surface area contributed by atoms with Gasteiger partial charge in [0.15, 0.2) is 0 Å². The van der Waals surface area contributed by atoms with Gasteiger partial charge in [-0.1, -0.05) is 25.0 Å². The Morgan fingerprint density at radius 2 is 1.79 bits per heavy atom. The van der Waals surface area contributed by atoms with Gasteiger partial charge in [0.1, 0.15) is 5.82 Å². The Morgan fingerprint density at radius 1 is 1.16 bits per heavy atom. The molecule has 0 bridgehead atoms. The van der Waals surface area contributed by atoms with Crippen LogP contribution >= 0.6 is 0 Å². The molecule has 4 nitrogen and oxygen atoms in total. The highest BCUT2D eigenvalue weighted by Gasteiger charge is 2.32. The minimum atomic E-state index is -1.20. The van der Waals surface area contributed by atoms with Crippen LogP contribution in [0.15, 0.2) is 24.3 Å². The number of hydrogen-bond acceptors (Lipinski definition) is 3. The molecule has 0 aromatic heterocycles. The van der Waals surface area contributed by atoms with Gasteiger partial charge in [-0.2, -0.15) is 0 Å². The molecule has 1 aromatic rings. The van der Waals surface area contributed by atoms with Crippen molar-refractivity contribution in [2.24, 2.45) is 11.8 Å². The molecule has 102 valence electrons. The van der Waals surface area contributed by atoms with Gasteiger partial charge < -0.3 is 15.2 Å². The molecule has 0 aliphatic heterocycles. The van der Waals surface area contributed by atoms with Crippen LogP contribution in [-0.2, 0) is 9.59 Å². The van der Waals surface area contributed by atoms with Crippen LogP contribution in [0.3, 0.4) is 0 Å². The van der Waals surface area contributed by atoms with Gasteiger partial charge >= 0.3 is 0 Å². The number of para-hydroxylation sites is 1. The van der Waals surface area contributed by atoms with Crippen molar-refractivity contribution in [2.45, 2.75) is 25.7 Å². The van der Waals surface area contributed by atoms with Gasteiger partial charge in [-0.3, -0.25) is 4.79 Å². The summed E-state index contributed by atoms with van der Waals surface area (Å²) in [6.45, 7) is 0. The van der Waals surface area contributed by atoms with Gasteiger partial charge in [-0.05, 0) is 25.0 Å². The Hall–Kier alpha value is -1.91. The molecule has 0 spiro atoms. The van der Waals surface area contributed by atoms with E-state index >= 15 is 0 Å². The smallest absolute Gasteiger partial charge is 0.228 e. The summed E-state index contributed by atoms with van der Waals surface area (Å²) < 4.78 is 13.4. The Bertz CT molecular complexity index is 489. The number of halogens is 1. The van der Waals surface area contributed by atoms with Gasteiger partial charge in [0.25, 0.3) is 0 Å². The number of hydrogen-bond donors (Lipinski definition) is 1. The SMILES string of the molecule is O=C([O-])[C@H]1CCCC[C@H]1C(=O)Nc1ccccc1F. The third-order valence-electron chi connectivity index (χ3n) is 3.54. The molecule has 1 saturated carbocycles. The van der Waals surface area contributed by atoms with Crippen LogP contribution in [0, 0.1) is 17.7 Å². The summed E-state index contributed by atoms with van der Waals surface area (Å²) >= 11 is 0. The monoisotopic (exact) mass is 264 g/mol. The number of anilines is 1. The molecule has 1 N–H and O–H groups in total. The van der Waals surface area contributed by atoms with Gasteiger partial charge in [0, 0.05) is 17.8 Å². The highest BCUT2D eigenvalue weighted by molar-refractivity contribution is 5.95. The van der Waals surface area contributed by atoms with Gasteiger partial charge in [0.2, 0.25) is 5.91 Å². The van der Waals surface area contributed by atoms with E-state index in [1.807, 2.05) is 0 Å². The number of amides is 1. The van der Waals surface area contributed by atoms with Crippen LogP contribution in [0.25, 0.3) is 0 Å². The minimum absolute atomic E-state index is 0.0789. The number of carboxylic acids is 1. The first-order chi connectivity index (χ1) is 9.09. The summed E-state index contributed by atoms with van der Waals surface area (Å²) in [5.41, 5.74) is 0.0789. The molecule has 1 aliphatic rings. The highest BCUT2D eigenvalue weighted by Crippen LogP contribution is 2.31. The predicted molar refractivity (Wildman–Crippen MR) is 65.5 cm³/mol. The lowest BCUT2D eigenvalue weighted by Crippen LogP contribution is -2.42. The van der Waals surface area contributed by atoms with Crippen molar-refractivity contribution in [1.82, 2.24) is 0 Å². The van der Waals surface area contributed by atoms with Crippen LogP contribution in [0.1, 0.15) is 25.7 Å². The largest absolute Gasteiger partial charge is 0.550 e. The molecule has 1 amide bonds. The van der Waals surface area contributed by atoms with Crippen molar-refractivity contribution in [3.8, 4) is 0 Å². The normalized spacial score (nSPS) is 22.8. The zero-order valence-electron chi connectivity index (χ0n) is 10.4. The molecule has 0 radical (unpaired) electrons. The van der Waals surface area contributed by atoms with E-state index in [9.17, 15) is 19.1 Å². The molecule has 2 rings (SSSR count). The fourth-order valence-corrected chi connectivity index (χ4v) is 2.51. The number of carbonyl (C=O) groups excluding carboxylic acids is 2. The van der Waals surface area contributed by atoms with E-state index in [2.05, 4.69) is 5.32 Å². The molecule has 0 saturated heterocycles. The zero-order valence-corrected chi connectivity index (χ0v) is 10.4. The Labute approximate surface area is 110 Å². The first-order valence-corrected chi connectivity index (χ1v) is 6.36. The highest BCUT2D eigenvalue weighted by atomic mass is 19.1. The topological polar surface area (TPSA) is 69.2 Å². The maximum Gasteiger partial charge on any atom is 0.228 e. The number of nitrogens with one attached hydrogen (secondary N) is 1. The number of carbonyl (C=O) groups is 2. The quantitative estimate of drug-likeness (QED) is 0.895. The minimum Gasteiger partial charge on any atom is -0.550 e. The second kappa shape index (κ2) is 5.82. The molecule has 5 heteroatoms. The summed E-state index contributed by atoms with van der Waals surface area (Å²) in [7, 11) is 0. The maximum atomic E-state index is 13.4. The van der Waals surface area contributed by atoms with E-state index in [1.54, 1.807) is 6.07 Å². The molecule has 2 atom stereocenters. The number of aliphatic carboxylic acids is 1. The standard InChI is InChI=1S/C14H16FNO3/c15-11-7-3-4-8-12(11)16-13(17)9-5-1-2-6-10(9)14(18)19/h3-4,7-10H,1-2,5-6H2,(H,16,17)(H,18,19)/p-1/t9-,10+/m1/s1. The number of rotatable bonds is 3. The fraction of sp³-hybridized carbons (Fsp3) is 0.429. The van der Waals surface area contributed by atoms with E-state index in [-0.39, 0.29) is 5.69 Å². The molecule has 19 heavy (non-hydrogen) atoms. The Balaban J connectivity index is 2.10. The fourth-order valence-electron chi connectivity index (χ4n) is 2.51. The summed E-state index contributed by atoms with van der Waals surface area (Å²) in [6, 6.07) is 5.82. The predicted octanol–water partition coefficient (Wildman–Crippen LogP) is 1.32. The lowest BCUT2D eigenvalue weighted by atomic mass is 9.78. The second-order valence-corrected chi connectivity index (χ2v) is 4.79. The summed E-state index contributed by atoms with van der Waals surface area (Å²) in [6.07, 6.45) is 2.53. The maximum absolute atomic E-state index is 13.4. The lowest BCUT2D eigenvalue weighted by molar-refractivity contribution is -0.313. The van der Waals surface area contributed by atoms with E-state index < -0.39 is 29.5 Å². The molecule has 0 heterocycles.